The Bertz CT molecular complexity index is 913. The summed E-state index contributed by atoms with van der Waals surface area (Å²) in [5.41, 5.74) is 2.97. The Morgan fingerprint density at radius 1 is 0.900 bits per heavy atom. The number of phosphoric acid groups is 1. The van der Waals surface area contributed by atoms with Crippen molar-refractivity contribution in [2.45, 2.75) is 116 Å². The van der Waals surface area contributed by atoms with E-state index in [-0.39, 0.29) is 6.61 Å². The summed E-state index contributed by atoms with van der Waals surface area (Å²) in [4.78, 5) is 10.3. The lowest BCUT2D eigenvalue weighted by Gasteiger charge is -2.19. The molecule has 0 fully saturated rings. The summed E-state index contributed by atoms with van der Waals surface area (Å²) in [5, 5.41) is 1.99. The van der Waals surface area contributed by atoms with Gasteiger partial charge in [0.25, 0.3) is 0 Å². The Hall–Kier alpha value is -1.28. The summed E-state index contributed by atoms with van der Waals surface area (Å²) < 4.78 is 36.6. The number of unbranched alkanes of at least 4 members (excludes halogenated alkanes) is 13. The van der Waals surface area contributed by atoms with Crippen molar-refractivity contribution in [2.24, 2.45) is 0 Å². The Morgan fingerprint density at radius 2 is 1.55 bits per heavy atom. The minimum Gasteiger partial charge on any atom is -0.404 e. The molecule has 7 nitrogen and oxygen atoms in total. The predicted molar refractivity (Wildman–Crippen MR) is 163 cm³/mol. The molecule has 1 N–H and O–H groups in total. The second-order valence-electron chi connectivity index (χ2n) is 10.5. The minimum absolute atomic E-state index is 0.0786. The highest BCUT2D eigenvalue weighted by Gasteiger charge is 2.26. The Balaban J connectivity index is 1.52. The van der Waals surface area contributed by atoms with Crippen LogP contribution in [0.25, 0.3) is 0 Å². The van der Waals surface area contributed by atoms with Crippen LogP contribution in [0.5, 0.6) is 5.75 Å². The molecule has 2 rings (SSSR count). The van der Waals surface area contributed by atoms with Crippen LogP contribution in [0, 0.1) is 0 Å². The topological polar surface area (TPSA) is 78.1 Å². The zero-order valence-corrected chi connectivity index (χ0v) is 26.6. The molecule has 0 aliphatic heterocycles. The van der Waals surface area contributed by atoms with Crippen molar-refractivity contribution in [3.63, 3.8) is 0 Å². The maximum absolute atomic E-state index is 12.6. The number of benzene rings is 1. The van der Waals surface area contributed by atoms with Gasteiger partial charge in [0.2, 0.25) is 5.51 Å². The van der Waals surface area contributed by atoms with Crippen LogP contribution in [0.2, 0.25) is 0 Å². The van der Waals surface area contributed by atoms with Gasteiger partial charge in [-0.05, 0) is 25.5 Å². The van der Waals surface area contributed by atoms with E-state index in [2.05, 4.69) is 6.92 Å². The van der Waals surface area contributed by atoms with E-state index in [9.17, 15) is 9.46 Å². The van der Waals surface area contributed by atoms with Crippen LogP contribution in [0.15, 0.2) is 41.4 Å². The van der Waals surface area contributed by atoms with Crippen LogP contribution < -0.4 is 9.09 Å². The molecule has 1 aromatic carbocycles. The highest BCUT2D eigenvalue weighted by atomic mass is 32.1. The average molecular weight is 599 g/mol. The first kappa shape index (κ1) is 34.9. The highest BCUT2D eigenvalue weighted by molar-refractivity contribution is 7.47. The molecule has 0 aliphatic carbocycles. The lowest BCUT2D eigenvalue weighted by molar-refractivity contribution is -0.683. The second kappa shape index (κ2) is 22.3. The first-order chi connectivity index (χ1) is 19.5. The van der Waals surface area contributed by atoms with E-state index in [0.717, 1.165) is 18.4 Å². The van der Waals surface area contributed by atoms with Gasteiger partial charge in [0.15, 0.2) is 12.7 Å². The fraction of sp³-hybridized carbons (Fsp3) is 0.710. The van der Waals surface area contributed by atoms with E-state index in [0.29, 0.717) is 32.1 Å². The molecule has 0 amide bonds. The van der Waals surface area contributed by atoms with Gasteiger partial charge in [0, 0.05) is 18.8 Å². The molecule has 0 radical (unpaired) electrons. The largest absolute Gasteiger partial charge is 0.527 e. The van der Waals surface area contributed by atoms with Crippen LogP contribution in [-0.2, 0) is 25.1 Å². The van der Waals surface area contributed by atoms with Crippen LogP contribution in [0.1, 0.15) is 109 Å². The predicted octanol–water partition coefficient (Wildman–Crippen LogP) is 8.48. The van der Waals surface area contributed by atoms with Gasteiger partial charge in [0.1, 0.15) is 11.9 Å². The number of hydrogen-bond donors (Lipinski definition) is 1. The van der Waals surface area contributed by atoms with Crippen molar-refractivity contribution < 1.29 is 32.5 Å². The average Bonchev–Trinajstić information content (AvgIpc) is 3.44. The molecule has 2 aromatic rings. The van der Waals surface area contributed by atoms with Gasteiger partial charge in [-0.3, -0.25) is 9.42 Å². The molecule has 0 saturated carbocycles. The monoisotopic (exact) mass is 598 g/mol. The molecule has 0 aliphatic rings. The molecule has 1 heterocycles. The van der Waals surface area contributed by atoms with E-state index in [1.54, 1.807) is 29.5 Å². The SMILES string of the molecule is CCCCCCCCCCCCCCCCOCC(COP(=O)(O)Oc1cccc(C[n+]2ccsc2)c1)OCC. The maximum Gasteiger partial charge on any atom is 0.527 e. The van der Waals surface area contributed by atoms with Gasteiger partial charge in [-0.15, -0.1) is 0 Å². The van der Waals surface area contributed by atoms with Crippen LogP contribution >= 0.6 is 19.2 Å². The third-order valence-electron chi connectivity index (χ3n) is 6.78. The van der Waals surface area contributed by atoms with E-state index < -0.39 is 13.9 Å². The number of nitrogens with zero attached hydrogens (tertiary/aromatic N) is 1. The van der Waals surface area contributed by atoms with Crippen molar-refractivity contribution >= 4 is 19.2 Å². The van der Waals surface area contributed by atoms with E-state index in [1.807, 2.05) is 34.6 Å². The summed E-state index contributed by atoms with van der Waals surface area (Å²) >= 11 is 1.61. The standard InChI is InChI=1S/C31H52NO6PS/c1-3-5-6-7-8-9-10-11-12-13-14-15-16-17-22-35-26-31(36-4-2)27-37-39(33,34)38-30-20-18-19-29(24-30)25-32-21-23-40-28-32/h18-21,23-24,28,31H,3-17,22,25-27H2,1-2H3/p+1. The van der Waals surface area contributed by atoms with Crippen molar-refractivity contribution in [1.29, 1.82) is 0 Å². The number of ether oxygens (including phenoxy) is 2. The molecule has 228 valence electrons. The Kier molecular flexibility index (Phi) is 19.5. The van der Waals surface area contributed by atoms with Crippen molar-refractivity contribution in [2.75, 3.05) is 26.4 Å². The number of aromatic nitrogens is 1. The summed E-state index contributed by atoms with van der Waals surface area (Å²) in [5.74, 6) is 0.293. The summed E-state index contributed by atoms with van der Waals surface area (Å²) in [7, 11) is -4.30. The van der Waals surface area contributed by atoms with Crippen molar-refractivity contribution in [3.8, 4) is 5.75 Å². The van der Waals surface area contributed by atoms with E-state index >= 15 is 0 Å². The van der Waals surface area contributed by atoms with Crippen LogP contribution in [0.4, 0.5) is 0 Å². The minimum atomic E-state index is -4.30. The summed E-state index contributed by atoms with van der Waals surface area (Å²) in [6, 6.07) is 7.14. The first-order valence-electron chi connectivity index (χ1n) is 15.4. The molecule has 1 aromatic heterocycles. The maximum atomic E-state index is 12.6. The second-order valence-corrected chi connectivity index (χ2v) is 12.6. The van der Waals surface area contributed by atoms with Gasteiger partial charge in [-0.25, -0.2) is 4.57 Å². The van der Waals surface area contributed by atoms with Crippen LogP contribution in [0.3, 0.4) is 0 Å². The van der Waals surface area contributed by atoms with E-state index in [4.69, 9.17) is 18.5 Å². The number of phosphoric ester groups is 1. The molecule has 2 atom stereocenters. The van der Waals surface area contributed by atoms with Gasteiger partial charge in [0.05, 0.1) is 18.6 Å². The Labute approximate surface area is 246 Å². The van der Waals surface area contributed by atoms with Crippen LogP contribution in [-0.4, -0.2) is 37.4 Å². The van der Waals surface area contributed by atoms with Gasteiger partial charge in [-0.2, -0.15) is 4.57 Å². The van der Waals surface area contributed by atoms with Crippen molar-refractivity contribution in [1.82, 2.24) is 0 Å². The summed E-state index contributed by atoms with van der Waals surface area (Å²) in [6.07, 6.45) is 20.1. The third kappa shape index (κ3) is 17.5. The summed E-state index contributed by atoms with van der Waals surface area (Å²) in [6.45, 7) is 6.17. The number of thiazole rings is 1. The zero-order chi connectivity index (χ0) is 28.7. The molecule has 9 heteroatoms. The molecular formula is C31H53NO6PS+. The fourth-order valence-corrected chi connectivity index (χ4v) is 5.98. The lowest BCUT2D eigenvalue weighted by Crippen LogP contribution is -2.30. The molecule has 0 bridgehead atoms. The van der Waals surface area contributed by atoms with E-state index in [1.165, 1.54) is 77.0 Å². The fourth-order valence-electron chi connectivity index (χ4n) is 4.59. The molecule has 40 heavy (non-hydrogen) atoms. The van der Waals surface area contributed by atoms with Gasteiger partial charge >= 0.3 is 7.82 Å². The highest BCUT2D eigenvalue weighted by Crippen LogP contribution is 2.44. The Morgan fingerprint density at radius 3 is 2.15 bits per heavy atom. The zero-order valence-electron chi connectivity index (χ0n) is 24.8. The van der Waals surface area contributed by atoms with Gasteiger partial charge < -0.3 is 14.0 Å². The van der Waals surface area contributed by atoms with Crippen molar-refractivity contribution in [3.05, 3.63) is 46.9 Å². The quantitative estimate of drug-likeness (QED) is 0.0665. The smallest absolute Gasteiger partial charge is 0.404 e. The molecule has 0 saturated heterocycles. The van der Waals surface area contributed by atoms with Gasteiger partial charge in [-0.1, -0.05) is 114 Å². The lowest BCUT2D eigenvalue weighted by atomic mass is 10.0. The molecule has 2 unspecified atom stereocenters. The number of hydrogen-bond acceptors (Lipinski definition) is 6. The molecule has 0 spiro atoms. The normalized spacial score (nSPS) is 13.8. The molecular weight excluding hydrogens is 545 g/mol. The number of rotatable bonds is 26. The third-order valence-corrected chi connectivity index (χ3v) is 8.37. The first-order valence-corrected chi connectivity index (χ1v) is 17.8.